The lowest BCUT2D eigenvalue weighted by Gasteiger charge is -2.20. The van der Waals surface area contributed by atoms with Crippen LogP contribution in [0.15, 0.2) is 24.3 Å². The maximum absolute atomic E-state index is 11.9. The smallest absolute Gasteiger partial charge is 0.326 e. The fourth-order valence-electron chi connectivity index (χ4n) is 1.72. The van der Waals surface area contributed by atoms with Gasteiger partial charge in [-0.15, -0.1) is 0 Å². The van der Waals surface area contributed by atoms with Gasteiger partial charge in [0.25, 0.3) is 0 Å². The zero-order chi connectivity index (χ0) is 14.4. The zero-order valence-corrected chi connectivity index (χ0v) is 13.2. The first-order chi connectivity index (χ1) is 8.95. The normalized spacial score (nSPS) is 13.6. The fourth-order valence-corrected chi connectivity index (χ4v) is 2.30. The van der Waals surface area contributed by atoms with Gasteiger partial charge >= 0.3 is 5.97 Å². The first-order valence-corrected chi connectivity index (χ1v) is 7.29. The van der Waals surface area contributed by atoms with Crippen molar-refractivity contribution in [2.45, 2.75) is 32.7 Å². The summed E-state index contributed by atoms with van der Waals surface area (Å²) < 4.78 is 1.01. The molecule has 19 heavy (non-hydrogen) atoms. The van der Waals surface area contributed by atoms with E-state index in [1.165, 1.54) is 0 Å². The van der Waals surface area contributed by atoms with Gasteiger partial charge in [0.05, 0.1) is 6.42 Å². The summed E-state index contributed by atoms with van der Waals surface area (Å²) in [6.07, 6.45) is 0.916. The maximum atomic E-state index is 11.9. The summed E-state index contributed by atoms with van der Waals surface area (Å²) in [5.74, 6) is -1.32. The minimum atomic E-state index is -0.981. The minimum Gasteiger partial charge on any atom is -0.480 e. The summed E-state index contributed by atoms with van der Waals surface area (Å²) in [6.45, 7) is 3.73. The quantitative estimate of drug-likeness (QED) is 0.751. The van der Waals surface area contributed by atoms with Crippen LogP contribution in [0.25, 0.3) is 0 Å². The molecular formula is C14H18INO3. The molecule has 1 rings (SSSR count). The van der Waals surface area contributed by atoms with Gasteiger partial charge < -0.3 is 10.4 Å². The van der Waals surface area contributed by atoms with Gasteiger partial charge in [-0.05, 0) is 40.1 Å². The average Bonchev–Trinajstić information content (AvgIpc) is 2.37. The third kappa shape index (κ3) is 4.81. The Balaban J connectivity index is 2.68. The Morgan fingerprint density at radius 1 is 1.37 bits per heavy atom. The molecule has 0 saturated carbocycles. The van der Waals surface area contributed by atoms with Crippen LogP contribution in [-0.4, -0.2) is 23.0 Å². The predicted octanol–water partition coefficient (Wildman–Crippen LogP) is 2.45. The molecule has 0 aliphatic rings. The van der Waals surface area contributed by atoms with Crippen LogP contribution in [-0.2, 0) is 16.0 Å². The van der Waals surface area contributed by atoms with Crippen molar-refractivity contribution in [2.75, 3.05) is 0 Å². The molecule has 4 nitrogen and oxygen atoms in total. The summed E-state index contributed by atoms with van der Waals surface area (Å²) in [5, 5.41) is 11.7. The molecule has 0 spiro atoms. The van der Waals surface area contributed by atoms with E-state index in [0.29, 0.717) is 6.42 Å². The lowest BCUT2D eigenvalue weighted by Crippen LogP contribution is -2.45. The third-order valence-electron chi connectivity index (χ3n) is 3.10. The van der Waals surface area contributed by atoms with E-state index in [-0.39, 0.29) is 18.2 Å². The first kappa shape index (κ1) is 15.9. The zero-order valence-electron chi connectivity index (χ0n) is 11.0. The van der Waals surface area contributed by atoms with Gasteiger partial charge in [0.2, 0.25) is 5.91 Å². The molecule has 0 saturated heterocycles. The molecule has 2 atom stereocenters. The van der Waals surface area contributed by atoms with Gasteiger partial charge in [0.1, 0.15) is 6.04 Å². The molecule has 0 fully saturated rings. The van der Waals surface area contributed by atoms with Crippen molar-refractivity contribution in [1.82, 2.24) is 5.32 Å². The van der Waals surface area contributed by atoms with E-state index in [1.54, 1.807) is 0 Å². The number of nitrogens with one attached hydrogen (secondary N) is 1. The monoisotopic (exact) mass is 375 g/mol. The molecule has 104 valence electrons. The van der Waals surface area contributed by atoms with Crippen molar-refractivity contribution in [3.05, 3.63) is 33.4 Å². The lowest BCUT2D eigenvalue weighted by molar-refractivity contribution is -0.143. The summed E-state index contributed by atoms with van der Waals surface area (Å²) in [6, 6.07) is 6.75. The van der Waals surface area contributed by atoms with Crippen LogP contribution in [0.3, 0.4) is 0 Å². The van der Waals surface area contributed by atoms with Crippen LogP contribution >= 0.6 is 22.6 Å². The lowest BCUT2D eigenvalue weighted by atomic mass is 9.99. The summed E-state index contributed by atoms with van der Waals surface area (Å²) in [5.41, 5.74) is 0.911. The average molecular weight is 375 g/mol. The Hall–Kier alpha value is -1.11. The molecule has 2 unspecified atom stereocenters. The summed E-state index contributed by atoms with van der Waals surface area (Å²) in [7, 11) is 0. The van der Waals surface area contributed by atoms with E-state index in [0.717, 1.165) is 9.13 Å². The van der Waals surface area contributed by atoms with Crippen LogP contribution in [0.4, 0.5) is 0 Å². The number of halogens is 1. The van der Waals surface area contributed by atoms with Gasteiger partial charge in [-0.25, -0.2) is 4.79 Å². The number of amides is 1. The number of carboxylic acids is 1. The standard InChI is InChI=1S/C14H18INO3/c1-3-9(2)13(14(18)19)16-12(17)8-10-6-4-5-7-11(10)15/h4-7,9,13H,3,8H2,1-2H3,(H,16,17)(H,18,19). The van der Waals surface area contributed by atoms with Gasteiger partial charge in [0.15, 0.2) is 0 Å². The highest BCUT2D eigenvalue weighted by Crippen LogP contribution is 2.13. The molecule has 0 aromatic heterocycles. The molecule has 1 aromatic carbocycles. The van der Waals surface area contributed by atoms with Gasteiger partial charge in [-0.2, -0.15) is 0 Å². The minimum absolute atomic E-state index is 0.0868. The molecule has 0 aliphatic carbocycles. The van der Waals surface area contributed by atoms with E-state index in [2.05, 4.69) is 27.9 Å². The topological polar surface area (TPSA) is 66.4 Å². The summed E-state index contributed by atoms with van der Waals surface area (Å²) >= 11 is 2.17. The number of carboxylic acid groups (broad SMARTS) is 1. The largest absolute Gasteiger partial charge is 0.480 e. The van der Waals surface area contributed by atoms with Gasteiger partial charge in [0, 0.05) is 3.57 Å². The molecule has 1 amide bonds. The Morgan fingerprint density at radius 2 is 2.00 bits per heavy atom. The van der Waals surface area contributed by atoms with Crippen LogP contribution in [0.5, 0.6) is 0 Å². The highest BCUT2D eigenvalue weighted by molar-refractivity contribution is 14.1. The van der Waals surface area contributed by atoms with E-state index in [9.17, 15) is 9.59 Å². The first-order valence-electron chi connectivity index (χ1n) is 6.21. The Morgan fingerprint density at radius 3 is 2.53 bits per heavy atom. The number of benzene rings is 1. The Kier molecular flexibility index (Phi) is 6.27. The Bertz CT molecular complexity index is 462. The SMILES string of the molecule is CCC(C)C(NC(=O)Cc1ccccc1I)C(=O)O. The van der Waals surface area contributed by atoms with E-state index in [4.69, 9.17) is 5.11 Å². The highest BCUT2D eigenvalue weighted by Gasteiger charge is 2.25. The van der Waals surface area contributed by atoms with E-state index < -0.39 is 12.0 Å². The van der Waals surface area contributed by atoms with Gasteiger partial charge in [-0.1, -0.05) is 38.5 Å². The van der Waals surface area contributed by atoms with E-state index in [1.807, 2.05) is 38.1 Å². The molecule has 2 N–H and O–H groups in total. The fraction of sp³-hybridized carbons (Fsp3) is 0.429. The predicted molar refractivity (Wildman–Crippen MR) is 81.9 cm³/mol. The molecular weight excluding hydrogens is 357 g/mol. The van der Waals surface area contributed by atoms with Crippen molar-refractivity contribution in [3.8, 4) is 0 Å². The number of rotatable bonds is 6. The summed E-state index contributed by atoms with van der Waals surface area (Å²) in [4.78, 5) is 23.1. The molecule has 5 heteroatoms. The second kappa shape index (κ2) is 7.47. The molecule has 0 aliphatic heterocycles. The van der Waals surface area contributed by atoms with Crippen molar-refractivity contribution < 1.29 is 14.7 Å². The third-order valence-corrected chi connectivity index (χ3v) is 4.16. The van der Waals surface area contributed by atoms with Crippen molar-refractivity contribution in [1.29, 1.82) is 0 Å². The van der Waals surface area contributed by atoms with Gasteiger partial charge in [-0.3, -0.25) is 4.79 Å². The maximum Gasteiger partial charge on any atom is 0.326 e. The second-order valence-electron chi connectivity index (χ2n) is 4.54. The van der Waals surface area contributed by atoms with Crippen molar-refractivity contribution in [3.63, 3.8) is 0 Å². The second-order valence-corrected chi connectivity index (χ2v) is 5.70. The number of hydrogen-bond donors (Lipinski definition) is 2. The highest BCUT2D eigenvalue weighted by atomic mass is 127. The molecule has 1 aromatic rings. The molecule has 0 bridgehead atoms. The number of hydrogen-bond acceptors (Lipinski definition) is 2. The van der Waals surface area contributed by atoms with E-state index >= 15 is 0 Å². The number of aliphatic carboxylic acids is 1. The number of carbonyl (C=O) groups excluding carboxylic acids is 1. The van der Waals surface area contributed by atoms with Crippen molar-refractivity contribution in [2.24, 2.45) is 5.92 Å². The van der Waals surface area contributed by atoms with Crippen LogP contribution in [0.1, 0.15) is 25.8 Å². The number of carbonyl (C=O) groups is 2. The van der Waals surface area contributed by atoms with Crippen molar-refractivity contribution >= 4 is 34.5 Å². The Labute approximate surface area is 126 Å². The van der Waals surface area contributed by atoms with Crippen LogP contribution in [0, 0.1) is 9.49 Å². The molecule has 0 radical (unpaired) electrons. The van der Waals surface area contributed by atoms with Crippen LogP contribution < -0.4 is 5.32 Å². The van der Waals surface area contributed by atoms with Crippen LogP contribution in [0.2, 0.25) is 0 Å². The molecule has 0 heterocycles.